The molecule has 0 aliphatic heterocycles. The smallest absolute Gasteiger partial charge is 0.227 e. The van der Waals surface area contributed by atoms with Crippen LogP contribution >= 0.6 is 0 Å². The van der Waals surface area contributed by atoms with Gasteiger partial charge in [0, 0.05) is 44.4 Å². The number of hydrogen-bond acceptors (Lipinski definition) is 7. The Morgan fingerprint density at radius 3 is 1.00 bits per heavy atom. The lowest BCUT2D eigenvalue weighted by molar-refractivity contribution is 0.623. The summed E-state index contributed by atoms with van der Waals surface area (Å²) in [7, 11) is 0. The van der Waals surface area contributed by atoms with Crippen molar-refractivity contribution in [1.82, 2.24) is 19.9 Å². The van der Waals surface area contributed by atoms with Crippen LogP contribution in [0.25, 0.3) is 286 Å². The van der Waals surface area contributed by atoms with Crippen LogP contribution in [0.1, 0.15) is 0 Å². The van der Waals surface area contributed by atoms with Gasteiger partial charge in [0.1, 0.15) is 16.6 Å². The molecule has 25 aromatic carbocycles. The van der Waals surface area contributed by atoms with Crippen LogP contribution in [0.2, 0.25) is 0 Å². The molecule has 0 radical (unpaired) electrons. The third kappa shape index (κ3) is 14.2. The van der Waals surface area contributed by atoms with Gasteiger partial charge in [-0.1, -0.05) is 358 Å². The van der Waals surface area contributed by atoms with Gasteiger partial charge in [-0.3, -0.25) is 4.98 Å². The summed E-state index contributed by atoms with van der Waals surface area (Å²) >= 11 is 0. The first-order chi connectivity index (χ1) is 68.8. The van der Waals surface area contributed by atoms with Crippen LogP contribution in [0.5, 0.6) is 0 Å². The van der Waals surface area contributed by atoms with E-state index in [9.17, 15) is 0 Å². The van der Waals surface area contributed by atoms with Crippen molar-refractivity contribution in [1.29, 1.82) is 0 Å². The highest BCUT2D eigenvalue weighted by Gasteiger charge is 2.22. The van der Waals surface area contributed by atoms with E-state index >= 15 is 0 Å². The van der Waals surface area contributed by atoms with E-state index in [1.165, 1.54) is 159 Å². The highest BCUT2D eigenvalue weighted by molar-refractivity contribution is 6.24. The molecule has 0 saturated heterocycles. The van der Waals surface area contributed by atoms with Crippen molar-refractivity contribution in [3.63, 3.8) is 0 Å². The molecule has 0 fully saturated rings. The summed E-state index contributed by atoms with van der Waals surface area (Å²) in [5, 5.41) is 30.0. The van der Waals surface area contributed by atoms with Crippen LogP contribution in [-0.4, -0.2) is 19.9 Å². The molecule has 0 atom stereocenters. The summed E-state index contributed by atoms with van der Waals surface area (Å²) in [4.78, 5) is 19.1. The molecule has 0 aliphatic rings. The highest BCUT2D eigenvalue weighted by atomic mass is 16.4. The largest absolute Gasteiger partial charge is 0.435 e. The molecule has 0 aliphatic carbocycles. The maximum absolute atomic E-state index is 6.51. The minimum absolute atomic E-state index is 0.618. The standard InChI is InChI=1S/C47H29NO.C45H27NO.C40H24N2O/c1-2-10-32(11-3-1)47-48-44-25-24-31-22-20-30-21-23-36(28-43(30)45(31)46(44)49-47)34-14-8-13-33(26-34)35-15-9-16-37(27-35)42-29-38-12-4-5-17-39(38)40-18-6-7-19-41(40)42;1-2-10-31(11-3-1)45-46-42-24-22-30-19-17-29-18-20-33(26-40(29)43(30)44(42)47-45)32-12-8-13-34(25-32)39-27-41-35-14-5-4-9-28(35)21-23-38(41)36-15-6-7-16-37(36)39;1-2-11-33-25(6-1)7-4-12-34(33)29-9-3-8-27(22-29)28-15-18-35-30(23-28)14-13-26-16-20-37-39(38(26)35)43-40(42-37)32-17-19-36-31(24-32)10-5-21-41-36/h1-29H;1-27H;1-24H. The Hall–Kier alpha value is -18.6. The zero-order valence-corrected chi connectivity index (χ0v) is 75.2. The van der Waals surface area contributed by atoms with Crippen LogP contribution in [0.4, 0.5) is 0 Å². The third-order valence-corrected chi connectivity index (χ3v) is 28.0. The summed E-state index contributed by atoms with van der Waals surface area (Å²) in [5.41, 5.74) is 25.7. The van der Waals surface area contributed by atoms with E-state index in [2.05, 4.69) is 399 Å². The average Bonchev–Trinajstić information content (AvgIpc) is 1.26. The summed E-state index contributed by atoms with van der Waals surface area (Å²) < 4.78 is 19.5. The summed E-state index contributed by atoms with van der Waals surface area (Å²) in [6, 6.07) is 171. The van der Waals surface area contributed by atoms with E-state index in [1.807, 2.05) is 91.1 Å². The Morgan fingerprint density at radius 1 is 0.137 bits per heavy atom. The van der Waals surface area contributed by atoms with E-state index < -0.39 is 0 Å². The van der Waals surface area contributed by atoms with Crippen LogP contribution in [0.15, 0.2) is 499 Å². The van der Waals surface area contributed by atoms with Gasteiger partial charge in [0.05, 0.1) is 5.52 Å². The first-order valence-corrected chi connectivity index (χ1v) is 47.2. The number of benzene rings is 25. The average molecular weight is 1770 g/mol. The Kier molecular flexibility index (Phi) is 19.2. The SMILES string of the molecule is c1cc(-c2ccc3c(ccc4ccc5nc(-c6ccc7ncccc7c6)oc5c43)c2)cc(-c2cccc3ccccc23)c1.c1ccc(-c2nc3ccc4ccc5ccc(-c6cccc(-c7cc8c9ccccc9ccc8c8ccccc78)c6)cc5c4c3o2)cc1.c1ccc(-c2nc3ccc4ccc5ccc(-c6cccc(-c7cccc(-c8cc9ccccc9c9ccccc89)c7)c6)cc5c4c3o2)cc1. The number of nitrogens with zero attached hydrogens (tertiary/aromatic N) is 4. The van der Waals surface area contributed by atoms with Crippen molar-refractivity contribution in [3.8, 4) is 112 Å². The Morgan fingerprint density at radius 2 is 0.446 bits per heavy atom. The van der Waals surface area contributed by atoms with Crippen molar-refractivity contribution in [3.05, 3.63) is 485 Å². The quantitative estimate of drug-likeness (QED) is 0.126. The fourth-order valence-electron chi connectivity index (χ4n) is 21.2. The van der Waals surface area contributed by atoms with Crippen LogP contribution in [-0.2, 0) is 0 Å². The second kappa shape index (κ2) is 33.3. The van der Waals surface area contributed by atoms with Gasteiger partial charge in [-0.2, -0.15) is 0 Å². The molecule has 4 aromatic heterocycles. The number of fused-ring (bicyclic) bond motifs is 25. The van der Waals surface area contributed by atoms with Gasteiger partial charge in [-0.15, -0.1) is 0 Å². The molecular formula is C132H80N4O3. The Labute approximate surface area is 798 Å². The fraction of sp³-hybridized carbons (Fsp3) is 0. The van der Waals surface area contributed by atoms with Gasteiger partial charge >= 0.3 is 0 Å². The minimum Gasteiger partial charge on any atom is -0.435 e. The maximum atomic E-state index is 6.51. The van der Waals surface area contributed by atoms with Crippen LogP contribution in [0, 0.1) is 0 Å². The lowest BCUT2D eigenvalue weighted by Crippen LogP contribution is -1.87. The molecule has 0 bridgehead atoms. The molecular weight excluding hydrogens is 1690 g/mol. The van der Waals surface area contributed by atoms with E-state index in [0.717, 1.165) is 109 Å². The van der Waals surface area contributed by atoms with Crippen molar-refractivity contribution in [2.75, 3.05) is 0 Å². The monoisotopic (exact) mass is 1770 g/mol. The van der Waals surface area contributed by atoms with E-state index in [4.69, 9.17) is 28.2 Å². The molecule has 0 unspecified atom stereocenters. The first-order valence-electron chi connectivity index (χ1n) is 47.2. The predicted octanol–water partition coefficient (Wildman–Crippen LogP) is 36.5. The second-order valence-corrected chi connectivity index (χ2v) is 36.1. The van der Waals surface area contributed by atoms with Crippen molar-refractivity contribution in [2.24, 2.45) is 0 Å². The molecule has 646 valence electrons. The summed E-state index contributed by atoms with van der Waals surface area (Å²) in [5.74, 6) is 1.90. The molecule has 0 saturated carbocycles. The molecule has 0 spiro atoms. The van der Waals surface area contributed by atoms with Gasteiger partial charge in [0.15, 0.2) is 16.7 Å². The predicted molar refractivity (Wildman–Crippen MR) is 582 cm³/mol. The molecule has 139 heavy (non-hydrogen) atoms. The fourth-order valence-corrected chi connectivity index (χ4v) is 21.2. The zero-order chi connectivity index (χ0) is 91.5. The molecule has 7 nitrogen and oxygen atoms in total. The van der Waals surface area contributed by atoms with E-state index in [1.54, 1.807) is 0 Å². The normalized spacial score (nSPS) is 11.7. The number of oxazole rings is 3. The number of pyridine rings is 1. The first kappa shape index (κ1) is 80.1. The van der Waals surface area contributed by atoms with Crippen LogP contribution in [0.3, 0.4) is 0 Å². The topological polar surface area (TPSA) is 91.0 Å². The van der Waals surface area contributed by atoms with Crippen molar-refractivity contribution in [2.45, 2.75) is 0 Å². The molecule has 4 heterocycles. The summed E-state index contributed by atoms with van der Waals surface area (Å²) in [6.07, 6.45) is 1.81. The Bertz CT molecular complexity index is 10100. The molecule has 0 N–H and O–H groups in total. The molecule has 0 amide bonds. The van der Waals surface area contributed by atoms with E-state index in [0.29, 0.717) is 17.7 Å². The number of aromatic nitrogens is 4. The van der Waals surface area contributed by atoms with Gasteiger partial charge in [0.2, 0.25) is 17.7 Å². The van der Waals surface area contributed by atoms with Gasteiger partial charge in [0.25, 0.3) is 0 Å². The molecule has 29 rings (SSSR count). The van der Waals surface area contributed by atoms with Crippen LogP contribution < -0.4 is 0 Å². The second-order valence-electron chi connectivity index (χ2n) is 36.1. The van der Waals surface area contributed by atoms with Crippen molar-refractivity contribution < 1.29 is 13.3 Å². The minimum atomic E-state index is 0.618. The third-order valence-electron chi connectivity index (χ3n) is 28.0. The number of rotatable bonds is 10. The molecule has 29 aromatic rings. The highest BCUT2D eigenvalue weighted by Crippen LogP contribution is 2.47. The lowest BCUT2D eigenvalue weighted by atomic mass is 9.89. The summed E-state index contributed by atoms with van der Waals surface area (Å²) in [6.45, 7) is 0. The maximum Gasteiger partial charge on any atom is 0.227 e. The van der Waals surface area contributed by atoms with Gasteiger partial charge in [-0.05, 0) is 312 Å². The van der Waals surface area contributed by atoms with Crippen molar-refractivity contribution >= 4 is 173 Å². The zero-order valence-electron chi connectivity index (χ0n) is 75.2. The van der Waals surface area contributed by atoms with E-state index in [-0.39, 0.29) is 0 Å². The van der Waals surface area contributed by atoms with Gasteiger partial charge in [-0.25, -0.2) is 15.0 Å². The van der Waals surface area contributed by atoms with Gasteiger partial charge < -0.3 is 13.3 Å². The number of hydrogen-bond donors (Lipinski definition) is 0. The lowest BCUT2D eigenvalue weighted by Gasteiger charge is -2.14. The molecule has 7 heteroatoms. The Balaban J connectivity index is 0.000000105.